The van der Waals surface area contributed by atoms with E-state index in [1.165, 1.54) is 0 Å². The minimum absolute atomic E-state index is 0.537. The van der Waals surface area contributed by atoms with Crippen LogP contribution in [0.2, 0.25) is 0 Å². The van der Waals surface area contributed by atoms with Gasteiger partial charge < -0.3 is 8.83 Å². The highest BCUT2D eigenvalue weighted by Gasteiger charge is 2.21. The van der Waals surface area contributed by atoms with E-state index in [4.69, 9.17) is 23.8 Å². The summed E-state index contributed by atoms with van der Waals surface area (Å²) < 4.78 is 14.9. The van der Waals surface area contributed by atoms with E-state index in [1.54, 1.807) is 0 Å². The normalized spacial score (nSPS) is 11.9. The first-order valence-corrected chi connectivity index (χ1v) is 19.0. The molecular formula is C51H30N4O2. The van der Waals surface area contributed by atoms with Gasteiger partial charge in [-0.1, -0.05) is 152 Å². The van der Waals surface area contributed by atoms with Gasteiger partial charge in [-0.05, 0) is 41.5 Å². The molecule has 0 fully saturated rings. The summed E-state index contributed by atoms with van der Waals surface area (Å²) in [5.74, 6) is 1.69. The molecule has 12 aromatic rings. The quantitative estimate of drug-likeness (QED) is 0.176. The third-order valence-corrected chi connectivity index (χ3v) is 11.1. The molecule has 0 radical (unpaired) electrons. The fraction of sp³-hybridized carbons (Fsp3) is 0. The van der Waals surface area contributed by atoms with Crippen molar-refractivity contribution >= 4 is 65.7 Å². The van der Waals surface area contributed by atoms with Crippen LogP contribution in [0.4, 0.5) is 0 Å². The van der Waals surface area contributed by atoms with Gasteiger partial charge in [-0.25, -0.2) is 4.98 Å². The molecule has 0 N–H and O–H groups in total. The van der Waals surface area contributed by atoms with E-state index in [-0.39, 0.29) is 0 Å². The van der Waals surface area contributed by atoms with E-state index in [2.05, 4.69) is 120 Å². The molecular weight excluding hydrogens is 701 g/mol. The molecule has 0 aliphatic heterocycles. The van der Waals surface area contributed by atoms with Crippen molar-refractivity contribution in [3.05, 3.63) is 182 Å². The summed E-state index contributed by atoms with van der Waals surface area (Å²) in [6.07, 6.45) is 0. The number of furan rings is 2. The molecule has 0 atom stereocenters. The lowest BCUT2D eigenvalue weighted by Crippen LogP contribution is -2.07. The molecule has 0 amide bonds. The summed E-state index contributed by atoms with van der Waals surface area (Å²) in [7, 11) is 0. The number of benzene rings is 8. The van der Waals surface area contributed by atoms with Crippen molar-refractivity contribution in [1.82, 2.24) is 19.5 Å². The fourth-order valence-electron chi connectivity index (χ4n) is 8.44. The molecule has 0 aliphatic carbocycles. The highest BCUT2D eigenvalue weighted by atomic mass is 16.3. The highest BCUT2D eigenvalue weighted by molar-refractivity contribution is 6.14. The maximum absolute atomic E-state index is 6.40. The number of nitrogens with zero attached hydrogens (tertiary/aromatic N) is 4. The molecule has 4 aromatic heterocycles. The molecule has 0 aliphatic rings. The summed E-state index contributed by atoms with van der Waals surface area (Å²) in [5, 5.41) is 6.61. The molecule has 0 saturated heterocycles. The molecule has 8 aromatic carbocycles. The van der Waals surface area contributed by atoms with Crippen LogP contribution in [0.15, 0.2) is 191 Å². The summed E-state index contributed by atoms with van der Waals surface area (Å²) in [5.41, 5.74) is 11.5. The lowest BCUT2D eigenvalue weighted by molar-refractivity contribution is 0.669. The Kier molecular flexibility index (Phi) is 6.83. The molecule has 0 bridgehead atoms. The first kappa shape index (κ1) is 31.5. The zero-order chi connectivity index (χ0) is 37.5. The van der Waals surface area contributed by atoms with Crippen LogP contribution in [0.25, 0.3) is 117 Å². The Balaban J connectivity index is 1.06. The minimum atomic E-state index is 0.537. The predicted molar refractivity (Wildman–Crippen MR) is 230 cm³/mol. The van der Waals surface area contributed by atoms with Crippen molar-refractivity contribution in [2.45, 2.75) is 0 Å². The summed E-state index contributed by atoms with van der Waals surface area (Å²) >= 11 is 0. The molecule has 12 rings (SSSR count). The third kappa shape index (κ3) is 4.94. The van der Waals surface area contributed by atoms with Crippen LogP contribution in [0, 0.1) is 0 Å². The van der Waals surface area contributed by atoms with Gasteiger partial charge in [-0.15, -0.1) is 0 Å². The second kappa shape index (κ2) is 12.3. The van der Waals surface area contributed by atoms with Gasteiger partial charge in [-0.3, -0.25) is 4.57 Å². The van der Waals surface area contributed by atoms with E-state index in [1.807, 2.05) is 66.7 Å². The fourth-order valence-corrected chi connectivity index (χ4v) is 8.44. The average molecular weight is 731 g/mol. The Labute approximate surface area is 325 Å². The zero-order valence-electron chi connectivity index (χ0n) is 30.4. The number of hydrogen-bond donors (Lipinski definition) is 0. The molecule has 6 heteroatoms. The second-order valence-corrected chi connectivity index (χ2v) is 14.4. The van der Waals surface area contributed by atoms with Gasteiger partial charge in [0.1, 0.15) is 22.3 Å². The van der Waals surface area contributed by atoms with Gasteiger partial charge in [0, 0.05) is 54.6 Å². The van der Waals surface area contributed by atoms with Gasteiger partial charge in [0.05, 0.1) is 11.0 Å². The van der Waals surface area contributed by atoms with Crippen molar-refractivity contribution in [2.24, 2.45) is 0 Å². The Bertz CT molecular complexity index is 3520. The van der Waals surface area contributed by atoms with E-state index in [9.17, 15) is 0 Å². The number of para-hydroxylation sites is 5. The minimum Gasteiger partial charge on any atom is -0.456 e. The van der Waals surface area contributed by atoms with Crippen LogP contribution in [0.3, 0.4) is 0 Å². The first-order chi connectivity index (χ1) is 28.2. The van der Waals surface area contributed by atoms with E-state index >= 15 is 0 Å². The van der Waals surface area contributed by atoms with Gasteiger partial charge in [-0.2, -0.15) is 9.97 Å². The number of aromatic nitrogens is 4. The topological polar surface area (TPSA) is 69.9 Å². The number of fused-ring (bicyclic) bond motifs is 9. The van der Waals surface area contributed by atoms with Crippen molar-refractivity contribution in [1.29, 1.82) is 0 Å². The van der Waals surface area contributed by atoms with E-state index in [0.29, 0.717) is 17.6 Å². The van der Waals surface area contributed by atoms with Crippen molar-refractivity contribution in [2.75, 3.05) is 0 Å². The Hall–Kier alpha value is -7.83. The van der Waals surface area contributed by atoms with Crippen LogP contribution in [-0.2, 0) is 0 Å². The number of rotatable bonds is 5. The van der Waals surface area contributed by atoms with Crippen LogP contribution in [-0.4, -0.2) is 19.5 Å². The summed E-state index contributed by atoms with van der Waals surface area (Å²) in [6.45, 7) is 0. The standard InChI is InChI=1S/C51H30N4O2/c1-2-12-33(13-3-1)49-52-50(34-28-29-40-38-15-5-8-22-44(38)56-46(40)30-34)54-51(53-49)55-43-21-7-4-14-37(43)41-19-10-17-35(47(41)55)31-24-26-32(27-25-31)36-18-11-20-42-39-16-6-9-23-45(39)57-48(36)42/h1-30H. The molecule has 6 nitrogen and oxygen atoms in total. The second-order valence-electron chi connectivity index (χ2n) is 14.4. The molecule has 0 saturated carbocycles. The van der Waals surface area contributed by atoms with Crippen molar-refractivity contribution in [3.8, 4) is 51.0 Å². The Morgan fingerprint density at radius 2 is 0.912 bits per heavy atom. The van der Waals surface area contributed by atoms with Crippen LogP contribution in [0.1, 0.15) is 0 Å². The highest BCUT2D eigenvalue weighted by Crippen LogP contribution is 2.40. The maximum Gasteiger partial charge on any atom is 0.238 e. The third-order valence-electron chi connectivity index (χ3n) is 11.1. The van der Waals surface area contributed by atoms with Crippen molar-refractivity contribution < 1.29 is 8.83 Å². The molecule has 4 heterocycles. The van der Waals surface area contributed by atoms with E-state index < -0.39 is 0 Å². The molecule has 0 spiro atoms. The maximum atomic E-state index is 6.40. The van der Waals surface area contributed by atoms with Crippen LogP contribution < -0.4 is 0 Å². The smallest absolute Gasteiger partial charge is 0.238 e. The van der Waals surface area contributed by atoms with Crippen LogP contribution >= 0.6 is 0 Å². The summed E-state index contributed by atoms with van der Waals surface area (Å²) in [6, 6.07) is 62.7. The van der Waals surface area contributed by atoms with Gasteiger partial charge in [0.15, 0.2) is 11.6 Å². The lowest BCUT2D eigenvalue weighted by atomic mass is 9.97. The molecule has 57 heavy (non-hydrogen) atoms. The first-order valence-electron chi connectivity index (χ1n) is 19.0. The summed E-state index contributed by atoms with van der Waals surface area (Å²) in [4.78, 5) is 15.5. The lowest BCUT2D eigenvalue weighted by Gasteiger charge is -2.13. The Morgan fingerprint density at radius 1 is 0.351 bits per heavy atom. The average Bonchev–Trinajstić information content (AvgIpc) is 3.96. The van der Waals surface area contributed by atoms with Gasteiger partial charge in [0.25, 0.3) is 0 Å². The van der Waals surface area contributed by atoms with E-state index in [0.717, 1.165) is 99.1 Å². The van der Waals surface area contributed by atoms with Crippen LogP contribution in [0.5, 0.6) is 0 Å². The largest absolute Gasteiger partial charge is 0.456 e. The molecule has 0 unspecified atom stereocenters. The number of hydrogen-bond acceptors (Lipinski definition) is 5. The zero-order valence-corrected chi connectivity index (χ0v) is 30.4. The molecule has 266 valence electrons. The predicted octanol–water partition coefficient (Wildman–Crippen LogP) is 13.4. The van der Waals surface area contributed by atoms with Gasteiger partial charge in [0.2, 0.25) is 5.95 Å². The van der Waals surface area contributed by atoms with Crippen molar-refractivity contribution in [3.63, 3.8) is 0 Å². The Morgan fingerprint density at radius 3 is 1.70 bits per heavy atom. The SMILES string of the molecule is c1ccc(-c2nc(-c3ccc4c(c3)oc3ccccc34)nc(-n3c4ccccc4c4cccc(-c5ccc(-c6cccc7c6oc6ccccc67)cc5)c43)n2)cc1. The monoisotopic (exact) mass is 730 g/mol. The van der Waals surface area contributed by atoms with Gasteiger partial charge >= 0.3 is 0 Å².